The molecule has 0 saturated heterocycles. The Hall–Kier alpha value is 0.1000. The Morgan fingerprint density at radius 2 is 1.88 bits per heavy atom. The summed E-state index contributed by atoms with van der Waals surface area (Å²) in [7, 11) is 0. The summed E-state index contributed by atoms with van der Waals surface area (Å²) in [6.45, 7) is 8.75. The average Bonchev–Trinajstić information content (AvgIpc) is 2.32. The minimum atomic E-state index is -0.128. The lowest BCUT2D eigenvalue weighted by Crippen LogP contribution is -2.19. The summed E-state index contributed by atoms with van der Waals surface area (Å²) in [6.07, 6.45) is 3.90. The van der Waals surface area contributed by atoms with Crippen molar-refractivity contribution in [1.29, 1.82) is 0 Å². The minimum absolute atomic E-state index is 0.128. The van der Waals surface area contributed by atoms with Crippen LogP contribution in [-0.4, -0.2) is 38.0 Å². The van der Waals surface area contributed by atoms with Crippen LogP contribution in [0, 0.1) is 0 Å². The Morgan fingerprint density at radius 3 is 2.41 bits per heavy atom. The van der Waals surface area contributed by atoms with Crippen molar-refractivity contribution >= 4 is 15.9 Å². The number of allylic oxidation sites excluding steroid dienone is 1. The van der Waals surface area contributed by atoms with Crippen molar-refractivity contribution in [2.45, 2.75) is 39.9 Å². The molecule has 0 aromatic heterocycles. The van der Waals surface area contributed by atoms with Gasteiger partial charge in [0.05, 0.1) is 13.2 Å². The summed E-state index contributed by atoms with van der Waals surface area (Å²) in [5.41, 5.74) is 1.27. The quantitative estimate of drug-likeness (QED) is 0.253. The molecule has 0 bridgehead atoms. The molecule has 0 rings (SSSR count). The second kappa shape index (κ2) is 12.6. The zero-order valence-corrected chi connectivity index (χ0v) is 12.8. The second-order valence-corrected chi connectivity index (χ2v) is 4.50. The van der Waals surface area contributed by atoms with Crippen LogP contribution in [-0.2, 0) is 14.2 Å². The first-order valence-corrected chi connectivity index (χ1v) is 7.39. The number of rotatable bonds is 11. The van der Waals surface area contributed by atoms with Gasteiger partial charge in [-0.05, 0) is 27.2 Å². The Morgan fingerprint density at radius 1 is 1.24 bits per heavy atom. The minimum Gasteiger partial charge on any atom is -0.377 e. The zero-order valence-electron chi connectivity index (χ0n) is 11.2. The molecule has 0 fully saturated rings. The van der Waals surface area contributed by atoms with Crippen LogP contribution in [0.3, 0.4) is 0 Å². The second-order valence-electron chi connectivity index (χ2n) is 3.71. The lowest BCUT2D eigenvalue weighted by molar-refractivity contribution is -0.146. The molecule has 0 aromatic rings. The Balaban J connectivity index is 3.59. The third kappa shape index (κ3) is 10.9. The lowest BCUT2D eigenvalue weighted by Gasteiger charge is -2.16. The largest absolute Gasteiger partial charge is 0.377 e. The molecule has 0 amide bonds. The third-order valence-electron chi connectivity index (χ3n) is 2.13. The van der Waals surface area contributed by atoms with E-state index in [1.807, 2.05) is 13.8 Å². The van der Waals surface area contributed by atoms with Gasteiger partial charge in [-0.3, -0.25) is 0 Å². The zero-order chi connectivity index (χ0) is 12.9. The predicted octanol–water partition coefficient (Wildman–Crippen LogP) is 3.52. The van der Waals surface area contributed by atoms with E-state index in [4.69, 9.17) is 14.2 Å². The maximum Gasteiger partial charge on any atom is 0.159 e. The van der Waals surface area contributed by atoms with Crippen molar-refractivity contribution in [2.24, 2.45) is 0 Å². The van der Waals surface area contributed by atoms with Crippen molar-refractivity contribution in [1.82, 2.24) is 0 Å². The maximum atomic E-state index is 5.57. The van der Waals surface area contributed by atoms with Crippen LogP contribution in [0.1, 0.15) is 33.6 Å². The summed E-state index contributed by atoms with van der Waals surface area (Å²) in [6, 6.07) is 0. The molecule has 0 saturated carbocycles. The predicted molar refractivity (Wildman–Crippen MR) is 74.6 cm³/mol. The Kier molecular flexibility index (Phi) is 12.6. The molecule has 3 nitrogen and oxygen atoms in total. The molecule has 0 aliphatic carbocycles. The Labute approximate surface area is 114 Å². The van der Waals surface area contributed by atoms with Crippen LogP contribution in [0.15, 0.2) is 11.6 Å². The van der Waals surface area contributed by atoms with E-state index in [1.54, 1.807) is 0 Å². The van der Waals surface area contributed by atoms with E-state index < -0.39 is 0 Å². The van der Waals surface area contributed by atoms with Crippen molar-refractivity contribution in [3.63, 3.8) is 0 Å². The lowest BCUT2D eigenvalue weighted by atomic mass is 10.3. The van der Waals surface area contributed by atoms with E-state index in [-0.39, 0.29) is 6.29 Å². The molecule has 0 aromatic carbocycles. The number of ether oxygens (including phenoxy) is 3. The van der Waals surface area contributed by atoms with Crippen molar-refractivity contribution in [3.05, 3.63) is 11.6 Å². The number of hydrogen-bond donors (Lipinski definition) is 0. The molecule has 0 aliphatic rings. The molecule has 4 heteroatoms. The highest BCUT2D eigenvalue weighted by Crippen LogP contribution is 2.03. The topological polar surface area (TPSA) is 27.7 Å². The van der Waals surface area contributed by atoms with Gasteiger partial charge in [0.1, 0.15) is 0 Å². The number of hydrogen-bond acceptors (Lipinski definition) is 3. The SMILES string of the molecule is CCOC(CCOC/C(C)=C/CCBr)OCC. The molecule has 102 valence electrons. The fourth-order valence-corrected chi connectivity index (χ4v) is 1.59. The normalized spacial score (nSPS) is 12.4. The van der Waals surface area contributed by atoms with Gasteiger partial charge in [-0.15, -0.1) is 0 Å². The highest BCUT2D eigenvalue weighted by molar-refractivity contribution is 9.09. The molecular formula is C13H25BrO3. The number of halogens is 1. The fourth-order valence-electron chi connectivity index (χ4n) is 1.36. The molecular weight excluding hydrogens is 284 g/mol. The summed E-state index contributed by atoms with van der Waals surface area (Å²) < 4.78 is 16.4. The maximum absolute atomic E-state index is 5.57. The molecule has 0 radical (unpaired) electrons. The van der Waals surface area contributed by atoms with Gasteiger partial charge in [0.2, 0.25) is 0 Å². The van der Waals surface area contributed by atoms with E-state index in [0.29, 0.717) is 26.4 Å². The number of alkyl halides is 1. The summed E-state index contributed by atoms with van der Waals surface area (Å²) in [5.74, 6) is 0. The molecule has 0 aliphatic heterocycles. The van der Waals surface area contributed by atoms with Gasteiger partial charge in [-0.1, -0.05) is 27.6 Å². The smallest absolute Gasteiger partial charge is 0.159 e. The molecule has 0 atom stereocenters. The van der Waals surface area contributed by atoms with Crippen molar-refractivity contribution in [2.75, 3.05) is 31.8 Å². The fraction of sp³-hybridized carbons (Fsp3) is 0.846. The van der Waals surface area contributed by atoms with Gasteiger partial charge < -0.3 is 14.2 Å². The summed E-state index contributed by atoms with van der Waals surface area (Å²) in [5, 5.41) is 1.00. The third-order valence-corrected chi connectivity index (χ3v) is 2.59. The van der Waals surface area contributed by atoms with Crippen LogP contribution in [0.25, 0.3) is 0 Å². The molecule has 0 heterocycles. The average molecular weight is 309 g/mol. The van der Waals surface area contributed by atoms with Gasteiger partial charge >= 0.3 is 0 Å². The molecule has 17 heavy (non-hydrogen) atoms. The van der Waals surface area contributed by atoms with Crippen LogP contribution in [0.5, 0.6) is 0 Å². The highest BCUT2D eigenvalue weighted by Gasteiger charge is 2.07. The first kappa shape index (κ1) is 17.1. The monoisotopic (exact) mass is 308 g/mol. The van der Waals surface area contributed by atoms with E-state index in [9.17, 15) is 0 Å². The van der Waals surface area contributed by atoms with Crippen LogP contribution in [0.2, 0.25) is 0 Å². The summed E-state index contributed by atoms with van der Waals surface area (Å²) in [4.78, 5) is 0. The Bertz CT molecular complexity index is 189. The van der Waals surface area contributed by atoms with Crippen LogP contribution in [0.4, 0.5) is 0 Å². The van der Waals surface area contributed by atoms with Crippen molar-refractivity contribution in [3.8, 4) is 0 Å². The van der Waals surface area contributed by atoms with Crippen molar-refractivity contribution < 1.29 is 14.2 Å². The van der Waals surface area contributed by atoms with Gasteiger partial charge in [0.25, 0.3) is 0 Å². The van der Waals surface area contributed by atoms with E-state index in [0.717, 1.165) is 18.2 Å². The van der Waals surface area contributed by atoms with Crippen LogP contribution >= 0.6 is 15.9 Å². The molecule has 0 unspecified atom stereocenters. The van der Waals surface area contributed by atoms with E-state index in [2.05, 4.69) is 28.9 Å². The summed E-state index contributed by atoms with van der Waals surface area (Å²) >= 11 is 3.39. The van der Waals surface area contributed by atoms with E-state index in [1.165, 1.54) is 5.57 Å². The highest BCUT2D eigenvalue weighted by atomic mass is 79.9. The van der Waals surface area contributed by atoms with Gasteiger partial charge in [0, 0.05) is 25.0 Å². The molecule has 0 N–H and O–H groups in total. The van der Waals surface area contributed by atoms with Crippen LogP contribution < -0.4 is 0 Å². The standard InChI is InChI=1S/C13H25BrO3/c1-4-16-13(17-5-2)8-10-15-11-12(3)7-6-9-14/h7,13H,4-6,8-11H2,1-3H3/b12-7+. The first-order valence-electron chi connectivity index (χ1n) is 6.27. The van der Waals surface area contributed by atoms with Gasteiger partial charge in [-0.2, -0.15) is 0 Å². The first-order chi connectivity index (χ1) is 8.24. The van der Waals surface area contributed by atoms with E-state index >= 15 is 0 Å². The molecule has 0 spiro atoms. The van der Waals surface area contributed by atoms with Gasteiger partial charge in [-0.25, -0.2) is 0 Å². The van der Waals surface area contributed by atoms with Gasteiger partial charge in [0.15, 0.2) is 6.29 Å².